The van der Waals surface area contributed by atoms with Gasteiger partial charge in [-0.2, -0.15) is 4.79 Å². The maximum Gasteiger partial charge on any atom is 0.323 e. The van der Waals surface area contributed by atoms with Crippen LogP contribution in [0.1, 0.15) is 12.5 Å². The fourth-order valence-electron chi connectivity index (χ4n) is 1.25. The van der Waals surface area contributed by atoms with Crippen LogP contribution in [0.4, 0.5) is 0 Å². The lowest BCUT2D eigenvalue weighted by atomic mass is 9.98. The molecular weight excluding hydrogens is 176 g/mol. The van der Waals surface area contributed by atoms with Gasteiger partial charge in [-0.3, -0.25) is 4.79 Å². The average Bonchev–Trinajstić information content (AvgIpc) is 2.19. The van der Waals surface area contributed by atoms with Crippen LogP contribution in [-0.2, 0) is 11.2 Å². The minimum Gasteiger partial charge on any atom is -0.361 e. The molecule has 0 aliphatic rings. The summed E-state index contributed by atoms with van der Waals surface area (Å²) in [5, 5.41) is 0. The van der Waals surface area contributed by atoms with E-state index in [1.807, 2.05) is 37.3 Å². The molecule has 0 radical (unpaired) electrons. The number of ketones is 1. The molecule has 0 fully saturated rings. The Kier molecular flexibility index (Phi) is 3.77. The third kappa shape index (κ3) is 2.96. The van der Waals surface area contributed by atoms with Crippen LogP contribution in [0.3, 0.4) is 0 Å². The molecule has 0 amide bonds. The molecule has 1 aromatic carbocycles. The molecule has 0 saturated carbocycles. The van der Waals surface area contributed by atoms with E-state index in [4.69, 9.17) is 5.53 Å². The van der Waals surface area contributed by atoms with Gasteiger partial charge in [-0.1, -0.05) is 37.3 Å². The highest BCUT2D eigenvalue weighted by molar-refractivity contribution is 6.26. The molecule has 0 heterocycles. The maximum atomic E-state index is 11.2. The minimum atomic E-state index is -0.156. The number of carbonyl (C=O) groups is 1. The topological polar surface area (TPSA) is 53.5 Å². The maximum absolute atomic E-state index is 11.2. The Morgan fingerprint density at radius 3 is 2.71 bits per heavy atom. The van der Waals surface area contributed by atoms with Gasteiger partial charge < -0.3 is 5.53 Å². The second-order valence-corrected chi connectivity index (χ2v) is 3.24. The van der Waals surface area contributed by atoms with Crippen LogP contribution in [0.15, 0.2) is 30.3 Å². The normalized spacial score (nSPS) is 11.5. The monoisotopic (exact) mass is 188 g/mol. The van der Waals surface area contributed by atoms with Gasteiger partial charge in [0.15, 0.2) is 0 Å². The Balaban J connectivity index is 2.61. The summed E-state index contributed by atoms with van der Waals surface area (Å²) in [5.74, 6) is -0.301. The van der Waals surface area contributed by atoms with E-state index in [-0.39, 0.29) is 11.7 Å². The molecule has 0 unspecified atom stereocenters. The van der Waals surface area contributed by atoms with Crippen molar-refractivity contribution in [1.29, 1.82) is 0 Å². The molecule has 3 nitrogen and oxygen atoms in total. The number of carbonyl (C=O) groups excluding carboxylic acids is 1. The molecule has 0 spiro atoms. The summed E-state index contributed by atoms with van der Waals surface area (Å²) in [6, 6.07) is 9.75. The SMILES string of the molecule is C[C@@H](Cc1ccccc1)C(=O)C=[N+]=[N-]. The van der Waals surface area contributed by atoms with Crippen molar-refractivity contribution in [2.75, 3.05) is 0 Å². The van der Waals surface area contributed by atoms with Gasteiger partial charge in [0, 0.05) is 5.92 Å². The summed E-state index contributed by atoms with van der Waals surface area (Å²) in [6.45, 7) is 1.82. The van der Waals surface area contributed by atoms with Gasteiger partial charge in [0.1, 0.15) is 0 Å². The van der Waals surface area contributed by atoms with Crippen molar-refractivity contribution in [3.63, 3.8) is 0 Å². The number of hydrogen-bond acceptors (Lipinski definition) is 1. The summed E-state index contributed by atoms with van der Waals surface area (Å²) in [7, 11) is 0. The predicted molar refractivity (Wildman–Crippen MR) is 54.0 cm³/mol. The molecular formula is C11H12N2O. The largest absolute Gasteiger partial charge is 0.361 e. The molecule has 0 saturated heterocycles. The predicted octanol–water partition coefficient (Wildman–Crippen LogP) is 1.73. The number of rotatable bonds is 4. The zero-order chi connectivity index (χ0) is 10.4. The van der Waals surface area contributed by atoms with Crippen LogP contribution in [0.25, 0.3) is 5.53 Å². The van der Waals surface area contributed by atoms with Crippen LogP contribution in [0, 0.1) is 5.92 Å². The summed E-state index contributed by atoms with van der Waals surface area (Å²) in [4.78, 5) is 14.0. The molecule has 3 heteroatoms. The van der Waals surface area contributed by atoms with E-state index in [2.05, 4.69) is 4.79 Å². The van der Waals surface area contributed by atoms with E-state index in [1.54, 1.807) is 0 Å². The van der Waals surface area contributed by atoms with E-state index in [0.29, 0.717) is 6.42 Å². The highest BCUT2D eigenvalue weighted by Gasteiger charge is 2.14. The van der Waals surface area contributed by atoms with Crippen molar-refractivity contribution >= 4 is 12.0 Å². The first-order valence-electron chi connectivity index (χ1n) is 4.49. The molecule has 1 atom stereocenters. The van der Waals surface area contributed by atoms with Gasteiger partial charge in [-0.15, -0.1) is 0 Å². The van der Waals surface area contributed by atoms with Crippen molar-refractivity contribution in [1.82, 2.24) is 0 Å². The Morgan fingerprint density at radius 1 is 1.50 bits per heavy atom. The smallest absolute Gasteiger partial charge is 0.323 e. The molecule has 0 aliphatic heterocycles. The minimum absolute atomic E-state index is 0.145. The standard InChI is InChI=1S/C11H12N2O/c1-9(11(14)8-13-12)7-10-5-3-2-4-6-10/h2-6,8-9H,7H2,1H3/t9-/m0/s1. The lowest BCUT2D eigenvalue weighted by Gasteiger charge is -2.04. The fourth-order valence-corrected chi connectivity index (χ4v) is 1.25. The molecule has 1 aromatic rings. The highest BCUT2D eigenvalue weighted by Crippen LogP contribution is 2.07. The van der Waals surface area contributed by atoms with E-state index in [0.717, 1.165) is 11.8 Å². The van der Waals surface area contributed by atoms with E-state index >= 15 is 0 Å². The van der Waals surface area contributed by atoms with Crippen molar-refractivity contribution in [2.24, 2.45) is 5.92 Å². The quantitative estimate of drug-likeness (QED) is 0.403. The molecule has 0 N–H and O–H groups in total. The van der Waals surface area contributed by atoms with Crippen LogP contribution in [0.5, 0.6) is 0 Å². The van der Waals surface area contributed by atoms with Gasteiger partial charge in [0.25, 0.3) is 0 Å². The van der Waals surface area contributed by atoms with E-state index in [9.17, 15) is 4.79 Å². The van der Waals surface area contributed by atoms with Crippen molar-refractivity contribution < 1.29 is 9.58 Å². The number of nitrogens with zero attached hydrogens (tertiary/aromatic N) is 2. The first kappa shape index (κ1) is 10.4. The van der Waals surface area contributed by atoms with Crippen LogP contribution in [-0.4, -0.2) is 16.8 Å². The molecule has 0 aliphatic carbocycles. The second kappa shape index (κ2) is 5.10. The highest BCUT2D eigenvalue weighted by atomic mass is 16.1. The summed E-state index contributed by atoms with van der Waals surface area (Å²) in [5.41, 5.74) is 9.31. The van der Waals surface area contributed by atoms with Gasteiger partial charge in [0.2, 0.25) is 5.78 Å². The van der Waals surface area contributed by atoms with Crippen LogP contribution < -0.4 is 0 Å². The van der Waals surface area contributed by atoms with Crippen molar-refractivity contribution in [3.05, 3.63) is 41.4 Å². The summed E-state index contributed by atoms with van der Waals surface area (Å²) >= 11 is 0. The number of Topliss-reactive ketones (excluding diaryl/α,β-unsaturated/α-hetero) is 1. The van der Waals surface area contributed by atoms with Gasteiger partial charge in [0.05, 0.1) is 0 Å². The molecule has 14 heavy (non-hydrogen) atoms. The molecule has 0 aromatic heterocycles. The third-order valence-corrected chi connectivity index (χ3v) is 2.06. The average molecular weight is 188 g/mol. The van der Waals surface area contributed by atoms with Gasteiger partial charge >= 0.3 is 6.21 Å². The molecule has 0 bridgehead atoms. The Hall–Kier alpha value is -1.73. The zero-order valence-electron chi connectivity index (χ0n) is 8.05. The third-order valence-electron chi connectivity index (χ3n) is 2.06. The summed E-state index contributed by atoms with van der Waals surface area (Å²) in [6.07, 6.45) is 1.62. The Morgan fingerprint density at radius 2 is 2.14 bits per heavy atom. The lowest BCUT2D eigenvalue weighted by Crippen LogP contribution is -2.14. The molecule has 72 valence electrons. The van der Waals surface area contributed by atoms with E-state index < -0.39 is 0 Å². The Labute approximate surface area is 83.0 Å². The van der Waals surface area contributed by atoms with Gasteiger partial charge in [-0.05, 0) is 12.0 Å². The zero-order valence-corrected chi connectivity index (χ0v) is 8.05. The second-order valence-electron chi connectivity index (χ2n) is 3.24. The van der Waals surface area contributed by atoms with Crippen molar-refractivity contribution in [3.8, 4) is 0 Å². The summed E-state index contributed by atoms with van der Waals surface area (Å²) < 4.78 is 0. The van der Waals surface area contributed by atoms with Crippen LogP contribution in [0.2, 0.25) is 0 Å². The van der Waals surface area contributed by atoms with Gasteiger partial charge in [-0.25, -0.2) is 0 Å². The fraction of sp³-hybridized carbons (Fsp3) is 0.273. The number of benzene rings is 1. The number of hydrogen-bond donors (Lipinski definition) is 0. The van der Waals surface area contributed by atoms with Crippen LogP contribution >= 0.6 is 0 Å². The first-order chi connectivity index (χ1) is 6.74. The van der Waals surface area contributed by atoms with Crippen molar-refractivity contribution in [2.45, 2.75) is 13.3 Å². The van der Waals surface area contributed by atoms with E-state index in [1.165, 1.54) is 0 Å². The molecule has 1 rings (SSSR count). The Bertz CT molecular complexity index is 353. The lowest BCUT2D eigenvalue weighted by molar-refractivity contribution is -0.119. The first-order valence-corrected chi connectivity index (χ1v) is 4.49.